The molecule has 3 aromatic rings. The van der Waals surface area contributed by atoms with Gasteiger partial charge in [0.15, 0.2) is 5.03 Å². The first-order valence-electron chi connectivity index (χ1n) is 10.8. The number of benzene rings is 1. The Hall–Kier alpha value is -3.17. The number of nitrogens with zero attached hydrogens (tertiary/aromatic N) is 3. The van der Waals surface area contributed by atoms with Gasteiger partial charge in [-0.15, -0.1) is 0 Å². The van der Waals surface area contributed by atoms with Crippen LogP contribution in [0.2, 0.25) is 5.02 Å². The van der Waals surface area contributed by atoms with Crippen molar-refractivity contribution in [3.8, 4) is 11.6 Å². The van der Waals surface area contributed by atoms with Gasteiger partial charge in [0, 0.05) is 29.4 Å². The van der Waals surface area contributed by atoms with Gasteiger partial charge >= 0.3 is 0 Å². The van der Waals surface area contributed by atoms with E-state index < -0.39 is 15.9 Å². The van der Waals surface area contributed by atoms with E-state index in [0.717, 1.165) is 13.0 Å². The number of halogens is 1. The highest BCUT2D eigenvalue weighted by Gasteiger charge is 2.39. The zero-order valence-electron chi connectivity index (χ0n) is 19.0. The third-order valence-electron chi connectivity index (χ3n) is 5.58. The fourth-order valence-corrected chi connectivity index (χ4v) is 5.34. The molecule has 1 atom stereocenters. The summed E-state index contributed by atoms with van der Waals surface area (Å²) < 4.78 is 33.7. The smallest absolute Gasteiger partial charge is 0.281 e. The minimum atomic E-state index is -4.27. The number of hydrogen-bond acceptors (Lipinski definition) is 7. The first kappa shape index (κ1) is 24.0. The van der Waals surface area contributed by atoms with Crippen LogP contribution in [0.4, 0.5) is 5.82 Å². The Bertz CT molecular complexity index is 1330. The van der Waals surface area contributed by atoms with Gasteiger partial charge in [0.25, 0.3) is 15.9 Å². The van der Waals surface area contributed by atoms with E-state index in [0.29, 0.717) is 22.5 Å². The monoisotopic (exact) mass is 500 g/mol. The van der Waals surface area contributed by atoms with Crippen LogP contribution in [0.5, 0.6) is 11.6 Å². The molecule has 0 spiro atoms. The maximum atomic E-state index is 13.1. The lowest BCUT2D eigenvalue weighted by Crippen LogP contribution is -2.41. The van der Waals surface area contributed by atoms with Crippen molar-refractivity contribution in [2.45, 2.75) is 37.8 Å². The van der Waals surface area contributed by atoms with Gasteiger partial charge in [-0.25, -0.2) is 9.71 Å². The summed E-state index contributed by atoms with van der Waals surface area (Å²) in [5.41, 5.74) is -0.0329. The molecule has 4 rings (SSSR count). The van der Waals surface area contributed by atoms with Crippen LogP contribution >= 0.6 is 11.6 Å². The average Bonchev–Trinajstić information content (AvgIpc) is 3.05. The van der Waals surface area contributed by atoms with Crippen molar-refractivity contribution >= 4 is 33.3 Å². The summed E-state index contributed by atoms with van der Waals surface area (Å²) in [6, 6.07) is 14.1. The Morgan fingerprint density at radius 1 is 1.18 bits per heavy atom. The predicted molar refractivity (Wildman–Crippen MR) is 130 cm³/mol. The minimum Gasteiger partial charge on any atom is -0.439 e. The molecule has 8 nitrogen and oxygen atoms in total. The minimum absolute atomic E-state index is 0.0486. The second-order valence-corrected chi connectivity index (χ2v) is 11.0. The molecule has 1 aliphatic heterocycles. The van der Waals surface area contributed by atoms with E-state index in [1.54, 1.807) is 42.6 Å². The van der Waals surface area contributed by atoms with Crippen LogP contribution in [-0.4, -0.2) is 36.4 Å². The van der Waals surface area contributed by atoms with Crippen molar-refractivity contribution in [3.63, 3.8) is 0 Å². The highest BCUT2D eigenvalue weighted by molar-refractivity contribution is 7.90. The Labute approximate surface area is 204 Å². The molecular formula is C24H25ClN4O4S. The second kappa shape index (κ2) is 9.23. The van der Waals surface area contributed by atoms with Crippen LogP contribution in [0.1, 0.15) is 37.6 Å². The number of carbonyl (C=O) groups excluding carboxylic acids is 1. The van der Waals surface area contributed by atoms with Gasteiger partial charge in [0.05, 0.1) is 5.56 Å². The molecule has 0 radical (unpaired) electrons. The van der Waals surface area contributed by atoms with Gasteiger partial charge in [0.1, 0.15) is 11.6 Å². The molecule has 1 fully saturated rings. The normalized spacial score (nSPS) is 17.4. The number of anilines is 1. The molecule has 3 heterocycles. The van der Waals surface area contributed by atoms with E-state index in [1.165, 1.54) is 18.2 Å². The molecule has 1 N–H and O–H groups in total. The third kappa shape index (κ3) is 5.15. The van der Waals surface area contributed by atoms with Gasteiger partial charge in [-0.2, -0.15) is 13.4 Å². The summed E-state index contributed by atoms with van der Waals surface area (Å²) in [6.07, 6.45) is 2.53. The van der Waals surface area contributed by atoms with Crippen LogP contribution < -0.4 is 14.4 Å². The zero-order valence-corrected chi connectivity index (χ0v) is 20.6. The molecule has 0 bridgehead atoms. The Morgan fingerprint density at radius 2 is 1.94 bits per heavy atom. The maximum absolute atomic E-state index is 13.1. The van der Waals surface area contributed by atoms with Crippen molar-refractivity contribution < 1.29 is 17.9 Å². The highest BCUT2D eigenvalue weighted by Crippen LogP contribution is 2.37. The van der Waals surface area contributed by atoms with Gasteiger partial charge in [-0.05, 0) is 62.6 Å². The first-order chi connectivity index (χ1) is 16.0. The van der Waals surface area contributed by atoms with E-state index in [4.69, 9.17) is 16.3 Å². The topological polar surface area (TPSA) is 101 Å². The van der Waals surface area contributed by atoms with Crippen LogP contribution in [-0.2, 0) is 10.0 Å². The lowest BCUT2D eigenvalue weighted by atomic mass is 9.97. The molecule has 1 amide bonds. The molecule has 178 valence electrons. The Balaban J connectivity index is 1.58. The van der Waals surface area contributed by atoms with Crippen LogP contribution in [0.25, 0.3) is 0 Å². The second-order valence-electron chi connectivity index (χ2n) is 8.92. The molecule has 1 saturated heterocycles. The molecule has 10 heteroatoms. The Morgan fingerprint density at radius 3 is 2.65 bits per heavy atom. The largest absolute Gasteiger partial charge is 0.439 e. The van der Waals surface area contributed by atoms with Crippen molar-refractivity contribution in [1.29, 1.82) is 0 Å². The number of rotatable bonds is 6. The number of ether oxygens (including phenoxy) is 1. The Kier molecular flexibility index (Phi) is 6.51. The maximum Gasteiger partial charge on any atom is 0.281 e. The number of nitrogens with one attached hydrogen (secondary N) is 1. The zero-order chi connectivity index (χ0) is 24.5. The molecule has 2 aromatic heterocycles. The fraction of sp³-hybridized carbons (Fsp3) is 0.292. The fourth-order valence-electron chi connectivity index (χ4n) is 4.23. The summed E-state index contributed by atoms with van der Waals surface area (Å²) in [4.78, 5) is 23.6. The average molecular weight is 501 g/mol. The summed E-state index contributed by atoms with van der Waals surface area (Å²) in [7, 11) is -4.27. The van der Waals surface area contributed by atoms with Gasteiger partial charge in [-0.1, -0.05) is 30.7 Å². The summed E-state index contributed by atoms with van der Waals surface area (Å²) >= 11 is 5.96. The molecule has 34 heavy (non-hydrogen) atoms. The lowest BCUT2D eigenvalue weighted by Gasteiger charge is -2.33. The van der Waals surface area contributed by atoms with E-state index in [1.807, 2.05) is 0 Å². The quantitative estimate of drug-likeness (QED) is 0.525. The number of amides is 1. The van der Waals surface area contributed by atoms with Crippen LogP contribution in [0.3, 0.4) is 0 Å². The van der Waals surface area contributed by atoms with E-state index in [2.05, 4.69) is 40.4 Å². The van der Waals surface area contributed by atoms with E-state index >= 15 is 0 Å². The lowest BCUT2D eigenvalue weighted by molar-refractivity contribution is 0.0981. The molecular weight excluding hydrogens is 476 g/mol. The summed E-state index contributed by atoms with van der Waals surface area (Å²) in [5, 5.41) is 0.123. The molecule has 1 aromatic carbocycles. The number of pyridine rings is 2. The summed E-state index contributed by atoms with van der Waals surface area (Å²) in [6.45, 7) is 7.03. The standard InChI is InChI=1S/C24H25ClN4O4S/c1-16-14-24(2,3)29(15-16)22-19(9-6-12-26-22)23(30)28-34(31,32)21-11-5-10-20(27-21)33-18-8-4-7-17(25)13-18/h4-13,16H,14-15H2,1-3H3,(H,28,30). The van der Waals surface area contributed by atoms with Crippen LogP contribution in [0.15, 0.2) is 65.8 Å². The van der Waals surface area contributed by atoms with Gasteiger partial charge in [-0.3, -0.25) is 4.79 Å². The highest BCUT2D eigenvalue weighted by atomic mass is 35.5. The van der Waals surface area contributed by atoms with Crippen molar-refractivity contribution in [3.05, 3.63) is 71.4 Å². The van der Waals surface area contributed by atoms with E-state index in [-0.39, 0.29) is 22.0 Å². The predicted octanol–water partition coefficient (Wildman–Crippen LogP) is 4.67. The number of sulfonamides is 1. The molecule has 0 aliphatic carbocycles. The van der Waals surface area contributed by atoms with Crippen molar-refractivity contribution in [1.82, 2.24) is 14.7 Å². The van der Waals surface area contributed by atoms with Gasteiger partial charge < -0.3 is 9.64 Å². The third-order valence-corrected chi connectivity index (χ3v) is 7.05. The number of hydrogen-bond donors (Lipinski definition) is 1. The number of aromatic nitrogens is 2. The van der Waals surface area contributed by atoms with Crippen molar-refractivity contribution in [2.24, 2.45) is 5.92 Å². The van der Waals surface area contributed by atoms with Gasteiger partial charge in [0.2, 0.25) is 5.88 Å². The molecule has 0 saturated carbocycles. The van der Waals surface area contributed by atoms with Crippen molar-refractivity contribution in [2.75, 3.05) is 11.4 Å². The van der Waals surface area contributed by atoms with E-state index in [9.17, 15) is 13.2 Å². The SMILES string of the molecule is CC1CN(c2ncccc2C(=O)NS(=O)(=O)c2cccc(Oc3cccc(Cl)c3)n2)C(C)(C)C1. The van der Waals surface area contributed by atoms with Crippen LogP contribution in [0, 0.1) is 5.92 Å². The first-order valence-corrected chi connectivity index (χ1v) is 12.6. The molecule has 1 aliphatic rings. The number of carbonyl (C=O) groups is 1. The summed E-state index contributed by atoms with van der Waals surface area (Å²) in [5.74, 6) is 0.550. The molecule has 1 unspecified atom stereocenters.